The lowest BCUT2D eigenvalue weighted by Crippen LogP contribution is -2.43. The van der Waals surface area contributed by atoms with Crippen molar-refractivity contribution in [3.05, 3.63) is 53.6 Å². The number of rotatable bonds is 7. The summed E-state index contributed by atoms with van der Waals surface area (Å²) in [6.07, 6.45) is 3.64. The molecule has 0 unspecified atom stereocenters. The van der Waals surface area contributed by atoms with Gasteiger partial charge in [0.1, 0.15) is 11.5 Å². The summed E-state index contributed by atoms with van der Waals surface area (Å²) in [5.74, 6) is 1.61. The third-order valence-electron chi connectivity index (χ3n) is 6.16. The lowest BCUT2D eigenvalue weighted by Gasteiger charge is -2.39. The zero-order valence-electron chi connectivity index (χ0n) is 17.5. The number of piperidine rings is 1. The first-order chi connectivity index (χ1) is 14.6. The van der Waals surface area contributed by atoms with Crippen LogP contribution in [0.25, 0.3) is 0 Å². The molecule has 0 saturated carbocycles. The zero-order chi connectivity index (χ0) is 21.0. The van der Waals surface area contributed by atoms with E-state index < -0.39 is 5.60 Å². The molecular formula is C24H30N2O4. The highest BCUT2D eigenvalue weighted by molar-refractivity contribution is 5.94. The fraction of sp³-hybridized carbons (Fsp3) is 0.458. The number of nitrogens with one attached hydrogen (secondary N) is 1. The Morgan fingerprint density at radius 3 is 2.73 bits per heavy atom. The van der Waals surface area contributed by atoms with Gasteiger partial charge in [-0.25, -0.2) is 0 Å². The average Bonchev–Trinajstić information content (AvgIpc) is 2.77. The molecule has 0 atom stereocenters. The number of benzene rings is 2. The maximum atomic E-state index is 11.6. The molecule has 0 bridgehead atoms. The molecule has 160 valence electrons. The van der Waals surface area contributed by atoms with Gasteiger partial charge in [-0.1, -0.05) is 24.3 Å². The van der Waals surface area contributed by atoms with E-state index >= 15 is 0 Å². The van der Waals surface area contributed by atoms with Crippen molar-refractivity contribution in [1.29, 1.82) is 0 Å². The molecule has 0 radical (unpaired) electrons. The predicted molar refractivity (Wildman–Crippen MR) is 116 cm³/mol. The van der Waals surface area contributed by atoms with Crippen LogP contribution in [0.1, 0.15) is 36.8 Å². The quantitative estimate of drug-likeness (QED) is 0.685. The van der Waals surface area contributed by atoms with Crippen molar-refractivity contribution in [3.63, 3.8) is 0 Å². The summed E-state index contributed by atoms with van der Waals surface area (Å²) in [6.45, 7) is 3.25. The molecule has 2 aromatic carbocycles. The largest absolute Gasteiger partial charge is 0.496 e. The van der Waals surface area contributed by atoms with E-state index in [1.807, 2.05) is 42.5 Å². The van der Waals surface area contributed by atoms with Crippen molar-refractivity contribution in [3.8, 4) is 11.5 Å². The maximum absolute atomic E-state index is 11.6. The highest BCUT2D eigenvalue weighted by Gasteiger charge is 2.35. The van der Waals surface area contributed by atoms with E-state index in [1.165, 1.54) is 0 Å². The molecule has 1 amide bonds. The Hall–Kier alpha value is -2.57. The Labute approximate surface area is 177 Å². The molecule has 2 aliphatic rings. The van der Waals surface area contributed by atoms with Crippen LogP contribution in [0, 0.1) is 0 Å². The van der Waals surface area contributed by atoms with Crippen LogP contribution < -0.4 is 14.8 Å². The third kappa shape index (κ3) is 4.60. The van der Waals surface area contributed by atoms with Gasteiger partial charge in [0.15, 0.2) is 0 Å². The predicted octanol–water partition coefficient (Wildman–Crippen LogP) is 3.33. The Bertz CT molecular complexity index is 891. The van der Waals surface area contributed by atoms with Crippen LogP contribution in [0.5, 0.6) is 11.5 Å². The molecule has 6 heteroatoms. The molecule has 0 spiro atoms. The summed E-state index contributed by atoms with van der Waals surface area (Å²) >= 11 is 0. The fourth-order valence-corrected chi connectivity index (χ4v) is 4.36. The Kier molecular flexibility index (Phi) is 6.25. The second kappa shape index (κ2) is 9.06. The second-order valence-corrected chi connectivity index (χ2v) is 8.14. The number of aryl methyl sites for hydroxylation is 1. The highest BCUT2D eigenvalue weighted by Crippen LogP contribution is 2.37. The number of methoxy groups -OCH3 is 1. The minimum absolute atomic E-state index is 0.0674. The summed E-state index contributed by atoms with van der Waals surface area (Å²) in [5.41, 5.74) is 2.09. The molecule has 1 fully saturated rings. The zero-order valence-corrected chi connectivity index (χ0v) is 17.5. The van der Waals surface area contributed by atoms with E-state index in [0.717, 1.165) is 60.8 Å². The number of anilines is 1. The molecule has 1 saturated heterocycles. The highest BCUT2D eigenvalue weighted by atomic mass is 16.5. The summed E-state index contributed by atoms with van der Waals surface area (Å²) in [6, 6.07) is 13.7. The minimum atomic E-state index is -0.826. The molecule has 0 aliphatic carbocycles. The number of carbonyl (C=O) groups excluding carboxylic acids is 1. The van der Waals surface area contributed by atoms with Gasteiger partial charge in [-0.3, -0.25) is 4.79 Å². The van der Waals surface area contributed by atoms with Gasteiger partial charge in [0, 0.05) is 43.4 Å². The standard InChI is InChI=1S/C24H30N2O4/c1-29-22-6-3-2-5-20(22)24(28)11-14-26(15-12-24)13-4-16-30-19-9-7-18-8-10-23(27)25-21(18)17-19/h2-3,5-7,9,17,28H,4,8,10-16H2,1H3,(H,25,27). The van der Waals surface area contributed by atoms with Crippen LogP contribution >= 0.6 is 0 Å². The van der Waals surface area contributed by atoms with Crippen LogP contribution in [0.3, 0.4) is 0 Å². The van der Waals surface area contributed by atoms with Crippen LogP contribution in [-0.4, -0.2) is 49.3 Å². The van der Waals surface area contributed by atoms with Crippen molar-refractivity contribution in [2.24, 2.45) is 0 Å². The Morgan fingerprint density at radius 2 is 1.93 bits per heavy atom. The molecule has 0 aromatic heterocycles. The lowest BCUT2D eigenvalue weighted by atomic mass is 9.84. The topological polar surface area (TPSA) is 71.0 Å². The SMILES string of the molecule is COc1ccccc1C1(O)CCN(CCCOc2ccc3c(c2)NC(=O)CC3)CC1. The summed E-state index contributed by atoms with van der Waals surface area (Å²) in [4.78, 5) is 13.9. The van der Waals surface area contributed by atoms with Crippen LogP contribution in [0.15, 0.2) is 42.5 Å². The molecule has 2 aromatic rings. The van der Waals surface area contributed by atoms with Crippen LogP contribution in [-0.2, 0) is 16.8 Å². The summed E-state index contributed by atoms with van der Waals surface area (Å²) in [5, 5.41) is 14.1. The van der Waals surface area contributed by atoms with Crippen molar-refractivity contribution in [1.82, 2.24) is 4.90 Å². The van der Waals surface area contributed by atoms with E-state index in [2.05, 4.69) is 10.2 Å². The number of likely N-dealkylation sites (tertiary alicyclic amines) is 1. The maximum Gasteiger partial charge on any atom is 0.224 e. The first kappa shape index (κ1) is 20.7. The molecular weight excluding hydrogens is 380 g/mol. The lowest BCUT2D eigenvalue weighted by molar-refractivity contribution is -0.116. The number of ether oxygens (including phenoxy) is 2. The van der Waals surface area contributed by atoms with Crippen molar-refractivity contribution in [2.45, 2.75) is 37.7 Å². The smallest absolute Gasteiger partial charge is 0.224 e. The van der Waals surface area contributed by atoms with Gasteiger partial charge in [-0.2, -0.15) is 0 Å². The molecule has 4 rings (SSSR count). The van der Waals surface area contributed by atoms with E-state index in [9.17, 15) is 9.90 Å². The molecule has 2 heterocycles. The number of hydrogen-bond donors (Lipinski definition) is 2. The third-order valence-corrected chi connectivity index (χ3v) is 6.16. The molecule has 2 aliphatic heterocycles. The first-order valence-electron chi connectivity index (χ1n) is 10.7. The number of para-hydroxylation sites is 1. The summed E-state index contributed by atoms with van der Waals surface area (Å²) in [7, 11) is 1.65. The van der Waals surface area contributed by atoms with Gasteiger partial charge in [0.05, 0.1) is 19.3 Å². The van der Waals surface area contributed by atoms with E-state index in [-0.39, 0.29) is 5.91 Å². The molecule has 30 heavy (non-hydrogen) atoms. The minimum Gasteiger partial charge on any atom is -0.496 e. The van der Waals surface area contributed by atoms with E-state index in [4.69, 9.17) is 9.47 Å². The van der Waals surface area contributed by atoms with Gasteiger partial charge in [0.2, 0.25) is 5.91 Å². The number of aliphatic hydroxyl groups is 1. The first-order valence-corrected chi connectivity index (χ1v) is 10.7. The number of carbonyl (C=O) groups is 1. The summed E-state index contributed by atoms with van der Waals surface area (Å²) < 4.78 is 11.3. The molecule has 6 nitrogen and oxygen atoms in total. The van der Waals surface area contributed by atoms with Gasteiger partial charge >= 0.3 is 0 Å². The number of fused-ring (bicyclic) bond motifs is 1. The molecule has 2 N–H and O–H groups in total. The van der Waals surface area contributed by atoms with Gasteiger partial charge in [0.25, 0.3) is 0 Å². The number of amides is 1. The Balaban J connectivity index is 1.23. The number of hydrogen-bond acceptors (Lipinski definition) is 5. The van der Waals surface area contributed by atoms with E-state index in [1.54, 1.807) is 7.11 Å². The van der Waals surface area contributed by atoms with Gasteiger partial charge < -0.3 is 24.8 Å². The van der Waals surface area contributed by atoms with Crippen molar-refractivity contribution in [2.75, 3.05) is 38.7 Å². The second-order valence-electron chi connectivity index (χ2n) is 8.14. The normalized spacial score (nSPS) is 18.4. The Morgan fingerprint density at radius 1 is 1.13 bits per heavy atom. The monoisotopic (exact) mass is 410 g/mol. The average molecular weight is 411 g/mol. The van der Waals surface area contributed by atoms with Crippen LogP contribution in [0.4, 0.5) is 5.69 Å². The van der Waals surface area contributed by atoms with E-state index in [0.29, 0.717) is 25.9 Å². The van der Waals surface area contributed by atoms with Gasteiger partial charge in [-0.15, -0.1) is 0 Å². The van der Waals surface area contributed by atoms with Crippen LogP contribution in [0.2, 0.25) is 0 Å². The van der Waals surface area contributed by atoms with Crippen molar-refractivity contribution < 1.29 is 19.4 Å². The fourth-order valence-electron chi connectivity index (χ4n) is 4.36. The number of nitrogens with zero attached hydrogens (tertiary/aromatic N) is 1. The van der Waals surface area contributed by atoms with Gasteiger partial charge in [-0.05, 0) is 43.4 Å². The van der Waals surface area contributed by atoms with Crippen molar-refractivity contribution >= 4 is 11.6 Å².